The molecule has 0 aliphatic carbocycles. The summed E-state index contributed by atoms with van der Waals surface area (Å²) in [7, 11) is 0. The molecule has 1 saturated heterocycles. The van der Waals surface area contributed by atoms with Crippen molar-refractivity contribution >= 4 is 34.7 Å². The average Bonchev–Trinajstić information content (AvgIpc) is 2.95. The summed E-state index contributed by atoms with van der Waals surface area (Å²) in [6, 6.07) is 15.8. The summed E-state index contributed by atoms with van der Waals surface area (Å²) in [5.41, 5.74) is 1.24. The molecule has 1 fully saturated rings. The molecule has 0 atom stereocenters. The van der Waals surface area contributed by atoms with Gasteiger partial charge < -0.3 is 9.47 Å². The van der Waals surface area contributed by atoms with Crippen molar-refractivity contribution in [2.24, 2.45) is 0 Å². The van der Waals surface area contributed by atoms with Gasteiger partial charge in [-0.2, -0.15) is 5.26 Å². The molecular weight excluding hydrogens is 364 g/mol. The van der Waals surface area contributed by atoms with Gasteiger partial charge in [-0.15, -0.1) is 0 Å². The molecule has 2 aromatic carbocycles. The molecule has 136 valence electrons. The Balaban J connectivity index is 1.88. The van der Waals surface area contributed by atoms with E-state index in [0.29, 0.717) is 34.3 Å². The Morgan fingerprint density at radius 1 is 1.11 bits per heavy atom. The summed E-state index contributed by atoms with van der Waals surface area (Å²) < 4.78 is 10.9. The van der Waals surface area contributed by atoms with Crippen LogP contribution in [-0.2, 0) is 4.79 Å². The first kappa shape index (κ1) is 18.5. The second kappa shape index (κ2) is 8.43. The molecule has 1 heterocycles. The fourth-order valence-electron chi connectivity index (χ4n) is 2.53. The number of nitriles is 1. The Labute approximate surface area is 161 Å². The van der Waals surface area contributed by atoms with Crippen LogP contribution in [0.3, 0.4) is 0 Å². The van der Waals surface area contributed by atoms with Gasteiger partial charge >= 0.3 is 0 Å². The number of hydrogen-bond acceptors (Lipinski definition) is 6. The minimum atomic E-state index is -0.362. The smallest absolute Gasteiger partial charge is 0.298 e. The van der Waals surface area contributed by atoms with E-state index in [1.54, 1.807) is 48.5 Å². The fourth-order valence-corrected chi connectivity index (χ4v) is 3.37. The molecule has 1 aliphatic rings. The second-order valence-corrected chi connectivity index (χ2v) is 6.43. The molecule has 2 amide bonds. The number of ether oxygens (including phenoxy) is 2. The number of rotatable bonds is 6. The molecule has 27 heavy (non-hydrogen) atoms. The van der Waals surface area contributed by atoms with Gasteiger partial charge in [0.1, 0.15) is 6.07 Å². The zero-order valence-electron chi connectivity index (χ0n) is 14.5. The Morgan fingerprint density at radius 3 is 2.59 bits per heavy atom. The normalized spacial score (nSPS) is 15.1. The number of amides is 2. The van der Waals surface area contributed by atoms with Crippen LogP contribution >= 0.6 is 11.8 Å². The molecule has 7 heteroatoms. The third-order valence-electron chi connectivity index (χ3n) is 3.67. The van der Waals surface area contributed by atoms with Gasteiger partial charge in [0.15, 0.2) is 18.1 Å². The zero-order valence-corrected chi connectivity index (χ0v) is 15.4. The SMILES string of the molecule is CCOc1cc(/C=C2\SC(=O)N(c3ccccc3)C2=O)ccc1OCC#N. The van der Waals surface area contributed by atoms with Gasteiger partial charge in [-0.3, -0.25) is 9.59 Å². The Hall–Kier alpha value is -3.24. The third-order valence-corrected chi connectivity index (χ3v) is 4.54. The maximum Gasteiger partial charge on any atom is 0.298 e. The number of imide groups is 1. The van der Waals surface area contributed by atoms with E-state index in [2.05, 4.69) is 0 Å². The molecule has 1 aliphatic heterocycles. The lowest BCUT2D eigenvalue weighted by molar-refractivity contribution is -0.113. The zero-order chi connectivity index (χ0) is 19.2. The van der Waals surface area contributed by atoms with Crippen molar-refractivity contribution in [2.45, 2.75) is 6.92 Å². The van der Waals surface area contributed by atoms with Crippen molar-refractivity contribution in [1.82, 2.24) is 0 Å². The molecular formula is C20H16N2O4S. The first-order valence-electron chi connectivity index (χ1n) is 8.23. The highest BCUT2D eigenvalue weighted by Gasteiger charge is 2.36. The summed E-state index contributed by atoms with van der Waals surface area (Å²) in [4.78, 5) is 26.4. The van der Waals surface area contributed by atoms with Crippen LogP contribution in [0.2, 0.25) is 0 Å². The van der Waals surface area contributed by atoms with Crippen LogP contribution in [0, 0.1) is 11.3 Å². The monoisotopic (exact) mass is 380 g/mol. The number of thioether (sulfide) groups is 1. The van der Waals surface area contributed by atoms with Crippen molar-refractivity contribution < 1.29 is 19.1 Å². The van der Waals surface area contributed by atoms with Crippen LogP contribution in [0.25, 0.3) is 6.08 Å². The van der Waals surface area contributed by atoms with E-state index in [1.807, 2.05) is 19.1 Å². The van der Waals surface area contributed by atoms with Gasteiger partial charge in [-0.25, -0.2) is 4.90 Å². The van der Waals surface area contributed by atoms with Gasteiger partial charge in [-0.1, -0.05) is 24.3 Å². The minimum absolute atomic E-state index is 0.0879. The number of carbonyl (C=O) groups is 2. The molecule has 0 bridgehead atoms. The molecule has 3 rings (SSSR count). The lowest BCUT2D eigenvalue weighted by Crippen LogP contribution is -2.27. The fraction of sp³-hybridized carbons (Fsp3) is 0.150. The van der Waals surface area contributed by atoms with Crippen molar-refractivity contribution in [3.8, 4) is 17.6 Å². The van der Waals surface area contributed by atoms with Crippen molar-refractivity contribution in [3.05, 3.63) is 59.0 Å². The van der Waals surface area contributed by atoms with Crippen LogP contribution < -0.4 is 14.4 Å². The topological polar surface area (TPSA) is 79.6 Å². The molecule has 0 radical (unpaired) electrons. The van der Waals surface area contributed by atoms with E-state index in [0.717, 1.165) is 16.7 Å². The first-order chi connectivity index (χ1) is 13.1. The molecule has 0 saturated carbocycles. The number of anilines is 1. The van der Waals surface area contributed by atoms with E-state index in [9.17, 15) is 9.59 Å². The van der Waals surface area contributed by atoms with Crippen molar-refractivity contribution in [1.29, 1.82) is 5.26 Å². The van der Waals surface area contributed by atoms with Crippen molar-refractivity contribution in [3.63, 3.8) is 0 Å². The summed E-state index contributed by atoms with van der Waals surface area (Å²) in [6.45, 7) is 2.18. The highest BCUT2D eigenvalue weighted by Crippen LogP contribution is 2.36. The van der Waals surface area contributed by atoms with E-state index < -0.39 is 0 Å². The largest absolute Gasteiger partial charge is 0.490 e. The van der Waals surface area contributed by atoms with Gasteiger partial charge in [0, 0.05) is 0 Å². The highest BCUT2D eigenvalue weighted by molar-refractivity contribution is 8.19. The number of carbonyl (C=O) groups excluding carboxylic acids is 2. The third kappa shape index (κ3) is 4.13. The predicted octanol–water partition coefficient (Wildman–Crippen LogP) is 4.23. The molecule has 0 spiro atoms. The van der Waals surface area contributed by atoms with Gasteiger partial charge in [0.2, 0.25) is 0 Å². The standard InChI is InChI=1S/C20H16N2O4S/c1-2-25-17-12-14(8-9-16(17)26-11-10-21)13-18-19(23)22(20(24)27-18)15-6-4-3-5-7-15/h3-9,12-13H,2,11H2,1H3/b18-13-. The average molecular weight is 380 g/mol. The highest BCUT2D eigenvalue weighted by atomic mass is 32.2. The van der Waals surface area contributed by atoms with E-state index >= 15 is 0 Å². The molecule has 2 aromatic rings. The summed E-state index contributed by atoms with van der Waals surface area (Å²) in [5, 5.41) is 8.33. The van der Waals surface area contributed by atoms with Gasteiger partial charge in [0.25, 0.3) is 11.1 Å². The Bertz CT molecular complexity index is 935. The molecule has 6 nitrogen and oxygen atoms in total. The maximum absolute atomic E-state index is 12.7. The quantitative estimate of drug-likeness (QED) is 0.698. The number of nitrogens with zero attached hydrogens (tertiary/aromatic N) is 2. The van der Waals surface area contributed by atoms with Crippen LogP contribution in [0.5, 0.6) is 11.5 Å². The summed E-state index contributed by atoms with van der Waals surface area (Å²) >= 11 is 0.892. The van der Waals surface area contributed by atoms with Gasteiger partial charge in [-0.05, 0) is 54.6 Å². The number of benzene rings is 2. The van der Waals surface area contributed by atoms with Gasteiger partial charge in [0.05, 0.1) is 17.2 Å². The van der Waals surface area contributed by atoms with E-state index in [1.165, 1.54) is 0 Å². The maximum atomic E-state index is 12.7. The lowest BCUT2D eigenvalue weighted by Gasteiger charge is -2.12. The Kier molecular flexibility index (Phi) is 5.79. The summed E-state index contributed by atoms with van der Waals surface area (Å²) in [6.07, 6.45) is 1.64. The number of hydrogen-bond donors (Lipinski definition) is 0. The molecule has 0 aromatic heterocycles. The predicted molar refractivity (Wildman–Crippen MR) is 104 cm³/mol. The van der Waals surface area contributed by atoms with E-state index in [-0.39, 0.29) is 17.8 Å². The second-order valence-electron chi connectivity index (χ2n) is 5.44. The number of para-hydroxylation sites is 1. The van der Waals surface area contributed by atoms with E-state index in [4.69, 9.17) is 14.7 Å². The minimum Gasteiger partial charge on any atom is -0.490 e. The molecule has 0 N–H and O–H groups in total. The summed E-state index contributed by atoms with van der Waals surface area (Å²) in [5.74, 6) is 0.565. The molecule has 0 unspecified atom stereocenters. The van der Waals surface area contributed by atoms with Crippen LogP contribution in [0.4, 0.5) is 10.5 Å². The van der Waals surface area contributed by atoms with Crippen LogP contribution in [-0.4, -0.2) is 24.4 Å². The van der Waals surface area contributed by atoms with Crippen LogP contribution in [0.1, 0.15) is 12.5 Å². The Morgan fingerprint density at radius 2 is 1.89 bits per heavy atom. The van der Waals surface area contributed by atoms with Crippen molar-refractivity contribution in [2.75, 3.05) is 18.1 Å². The first-order valence-corrected chi connectivity index (χ1v) is 9.05. The lowest BCUT2D eigenvalue weighted by atomic mass is 10.1. The van der Waals surface area contributed by atoms with Crippen LogP contribution in [0.15, 0.2) is 53.4 Å².